The summed E-state index contributed by atoms with van der Waals surface area (Å²) in [5.74, 6) is -1.19. The number of carbonyl (C=O) groups excluding carboxylic acids is 8. The molecule has 0 aromatic carbocycles. The lowest BCUT2D eigenvalue weighted by Gasteiger charge is -2.34. The largest absolute Gasteiger partial charge is 0.462 e. The summed E-state index contributed by atoms with van der Waals surface area (Å²) in [6.45, 7) is 39.0. The van der Waals surface area contributed by atoms with Gasteiger partial charge in [-0.15, -0.1) is 0 Å². The summed E-state index contributed by atoms with van der Waals surface area (Å²) in [4.78, 5) is 87.3. The zero-order valence-electron chi connectivity index (χ0n) is 41.3. The zero-order chi connectivity index (χ0) is 49.2. The van der Waals surface area contributed by atoms with Gasteiger partial charge in [0.1, 0.15) is 17.8 Å². The van der Waals surface area contributed by atoms with Crippen LogP contribution < -0.4 is 0 Å². The van der Waals surface area contributed by atoms with E-state index < -0.39 is 51.9 Å². The normalized spacial score (nSPS) is 13.3. The molecule has 3 atom stereocenters. The lowest BCUT2D eigenvalue weighted by molar-refractivity contribution is -0.186. The smallest absolute Gasteiger partial charge is 0.350 e. The van der Waals surface area contributed by atoms with E-state index in [9.17, 15) is 38.4 Å². The molecule has 0 aliphatic carbocycles. The molecule has 0 rings (SSSR count). The van der Waals surface area contributed by atoms with Gasteiger partial charge < -0.3 is 37.9 Å². The van der Waals surface area contributed by atoms with E-state index in [0.717, 1.165) is 25.7 Å². The molecule has 61 heavy (non-hydrogen) atoms. The molecule has 0 aromatic heterocycles. The van der Waals surface area contributed by atoms with Crippen LogP contribution in [0.3, 0.4) is 0 Å². The summed E-state index contributed by atoms with van der Waals surface area (Å²) in [6, 6.07) is 0. The number of rotatable bonds is 23. The molecule has 0 aliphatic rings. The molecule has 0 aromatic rings. The van der Waals surface area contributed by atoms with Crippen LogP contribution in [0.2, 0.25) is 0 Å². The molecule has 0 heterocycles. The highest BCUT2D eigenvalue weighted by Gasteiger charge is 2.38. The Balaban J connectivity index is -0.000000355. The molecular weight excluding hydrogens is 796 g/mol. The van der Waals surface area contributed by atoms with Crippen molar-refractivity contribution in [3.8, 4) is 0 Å². The van der Waals surface area contributed by atoms with Crippen molar-refractivity contribution in [2.24, 2.45) is 23.2 Å². The first-order valence-corrected chi connectivity index (χ1v) is 20.9. The predicted octanol–water partition coefficient (Wildman–Crippen LogP) is 8.05. The molecule has 0 fully saturated rings. The van der Waals surface area contributed by atoms with E-state index in [1.807, 2.05) is 76.2 Å². The monoisotopic (exact) mass is 879 g/mol. The fraction of sp³-hybridized carbons (Fsp3) is 0.822. The fourth-order valence-corrected chi connectivity index (χ4v) is 3.97. The average molecular weight is 879 g/mol. The first-order chi connectivity index (χ1) is 27.6. The third-order valence-corrected chi connectivity index (χ3v) is 10.0. The van der Waals surface area contributed by atoms with Gasteiger partial charge in [-0.05, 0) is 112 Å². The van der Waals surface area contributed by atoms with Crippen molar-refractivity contribution < 1.29 is 76.3 Å². The van der Waals surface area contributed by atoms with Gasteiger partial charge in [0.05, 0.1) is 6.61 Å². The molecule has 16 nitrogen and oxygen atoms in total. The molecule has 0 bridgehead atoms. The number of esters is 4. The molecule has 3 unspecified atom stereocenters. The molecule has 0 amide bonds. The highest BCUT2D eigenvalue weighted by molar-refractivity contribution is 5.81. The predicted molar refractivity (Wildman–Crippen MR) is 230 cm³/mol. The molecule has 0 N–H and O–H groups in total. The molecule has 0 aliphatic heterocycles. The lowest BCUT2D eigenvalue weighted by Crippen LogP contribution is -2.44. The quantitative estimate of drug-likeness (QED) is 0.0540. The minimum absolute atomic E-state index is 0.132. The second kappa shape index (κ2) is 29.1. The van der Waals surface area contributed by atoms with Crippen LogP contribution in [-0.4, -0.2) is 96.6 Å². The van der Waals surface area contributed by atoms with Gasteiger partial charge in [-0.25, -0.2) is 19.2 Å². The van der Waals surface area contributed by atoms with E-state index in [1.54, 1.807) is 0 Å². The average Bonchev–Trinajstić information content (AvgIpc) is 3.13. The second-order valence-corrected chi connectivity index (χ2v) is 18.5. The molecular formula is C45H82O16. The van der Waals surface area contributed by atoms with E-state index in [0.29, 0.717) is 12.5 Å². The zero-order valence-corrected chi connectivity index (χ0v) is 41.3. The second-order valence-electron chi connectivity index (χ2n) is 18.5. The van der Waals surface area contributed by atoms with E-state index in [-0.39, 0.29) is 55.3 Å². The van der Waals surface area contributed by atoms with Crippen molar-refractivity contribution in [3.05, 3.63) is 0 Å². The van der Waals surface area contributed by atoms with E-state index in [1.165, 1.54) is 55.4 Å². The summed E-state index contributed by atoms with van der Waals surface area (Å²) in [6.07, 6.45) is 3.24. The van der Waals surface area contributed by atoms with Gasteiger partial charge in [-0.2, -0.15) is 0 Å². The first-order valence-electron chi connectivity index (χ1n) is 20.9. The first kappa shape index (κ1) is 63.4. The maximum absolute atomic E-state index is 11.8. The van der Waals surface area contributed by atoms with Crippen LogP contribution in [0.4, 0.5) is 0 Å². The van der Waals surface area contributed by atoms with E-state index >= 15 is 0 Å². The third-order valence-electron chi connectivity index (χ3n) is 10.0. The van der Waals surface area contributed by atoms with Gasteiger partial charge in [-0.3, -0.25) is 19.2 Å². The Hall–Kier alpha value is -4.24. The third kappa shape index (κ3) is 26.7. The van der Waals surface area contributed by atoms with Gasteiger partial charge in [0.15, 0.2) is 0 Å². The van der Waals surface area contributed by atoms with Crippen LogP contribution in [0.15, 0.2) is 0 Å². The Bertz CT molecular complexity index is 1290. The maximum atomic E-state index is 11.8. The topological polar surface area (TPSA) is 210 Å². The van der Waals surface area contributed by atoms with Gasteiger partial charge in [0.25, 0.3) is 25.9 Å². The van der Waals surface area contributed by atoms with E-state index in [4.69, 9.17) is 23.7 Å². The molecule has 0 radical (unpaired) electrons. The van der Waals surface area contributed by atoms with Crippen LogP contribution >= 0.6 is 0 Å². The van der Waals surface area contributed by atoms with Gasteiger partial charge in [-0.1, -0.05) is 82.1 Å². The Morgan fingerprint density at radius 3 is 1.11 bits per heavy atom. The molecule has 16 heteroatoms. The summed E-state index contributed by atoms with van der Waals surface area (Å²) < 4.78 is 39.6. The molecule has 0 saturated carbocycles. The Morgan fingerprint density at radius 2 is 0.820 bits per heavy atom. The van der Waals surface area contributed by atoms with Crippen molar-refractivity contribution in [2.45, 2.75) is 211 Å². The van der Waals surface area contributed by atoms with Crippen LogP contribution in [0, 0.1) is 23.2 Å². The van der Waals surface area contributed by atoms with Gasteiger partial charge in [0.2, 0.25) is 22.4 Å². The lowest BCUT2D eigenvalue weighted by atomic mass is 9.90. The Morgan fingerprint density at radius 1 is 0.475 bits per heavy atom. The number of hydrogen-bond donors (Lipinski definition) is 0. The van der Waals surface area contributed by atoms with Crippen molar-refractivity contribution in [1.82, 2.24) is 0 Å². The minimum atomic E-state index is -1.23. The van der Waals surface area contributed by atoms with Crippen molar-refractivity contribution in [1.29, 1.82) is 0 Å². The minimum Gasteiger partial charge on any atom is -0.462 e. The number of carbonyl (C=O) groups is 8. The van der Waals surface area contributed by atoms with Crippen LogP contribution in [0.1, 0.15) is 171 Å². The SMILES string of the molecule is CC(OC(=O)C(C)(C)OC=O)C(C)(C)C.CCC(C)C(C)(C)OC(=O)C(C)(C)OC=O.CCC(CC)COC(=O)C(C)(C)OC=O.CCC(OC(=O)C(C)(C)OC=O)C(C)C. The standard InChI is InChI=1S/C12H22O4.3C11H20O4/c1-7-9(2)11(3,4)16-10(14)12(5,6)15-8-13;1-8(10(2,3)4)15-9(13)11(5,6)14-7-12;1-6-9(8(2)3)15-10(13)11(4,5)14-7-12;1-5-9(6-2)7-14-10(13)11(3,4)15-8-12/h8-9H,7H2,1-6H3;7-8H,1-6H3;7-9H,6H2,1-5H3;8-9H,5-7H2,1-4H3. The Kier molecular flexibility index (Phi) is 30.3. The van der Waals surface area contributed by atoms with Gasteiger partial charge >= 0.3 is 23.9 Å². The summed E-state index contributed by atoms with van der Waals surface area (Å²) in [7, 11) is 0. The van der Waals surface area contributed by atoms with Crippen molar-refractivity contribution in [2.75, 3.05) is 6.61 Å². The van der Waals surface area contributed by atoms with E-state index in [2.05, 4.69) is 28.1 Å². The highest BCUT2D eigenvalue weighted by atomic mass is 16.6. The molecule has 0 saturated heterocycles. The van der Waals surface area contributed by atoms with Crippen molar-refractivity contribution >= 4 is 49.8 Å². The highest BCUT2D eigenvalue weighted by Crippen LogP contribution is 2.27. The maximum Gasteiger partial charge on any atom is 0.350 e. The van der Waals surface area contributed by atoms with Crippen LogP contribution in [0.5, 0.6) is 0 Å². The molecule has 358 valence electrons. The van der Waals surface area contributed by atoms with Crippen LogP contribution in [-0.2, 0) is 76.3 Å². The molecule has 0 spiro atoms. The summed E-state index contributed by atoms with van der Waals surface area (Å²) in [5, 5.41) is 0. The Labute approximate surface area is 366 Å². The number of ether oxygens (including phenoxy) is 8. The summed E-state index contributed by atoms with van der Waals surface area (Å²) in [5.41, 5.74) is -5.53. The van der Waals surface area contributed by atoms with Crippen LogP contribution in [0.25, 0.3) is 0 Å². The van der Waals surface area contributed by atoms with Gasteiger partial charge in [0, 0.05) is 0 Å². The fourth-order valence-electron chi connectivity index (χ4n) is 3.97. The van der Waals surface area contributed by atoms with Crippen molar-refractivity contribution in [3.63, 3.8) is 0 Å². The summed E-state index contributed by atoms with van der Waals surface area (Å²) >= 11 is 0. The number of hydrogen-bond acceptors (Lipinski definition) is 16.